The Morgan fingerprint density at radius 3 is 2.23 bits per heavy atom. The minimum Gasteiger partial charge on any atom is -0.490 e. The van der Waals surface area contributed by atoms with Crippen molar-refractivity contribution in [1.29, 1.82) is 0 Å². The van der Waals surface area contributed by atoms with Gasteiger partial charge < -0.3 is 24.3 Å². The number of aromatic amines is 1. The van der Waals surface area contributed by atoms with Gasteiger partial charge in [0.25, 0.3) is 11.5 Å². The minimum atomic E-state index is -0.526. The number of aromatic nitrogens is 2. The molecule has 1 saturated heterocycles. The van der Waals surface area contributed by atoms with Gasteiger partial charge in [0, 0.05) is 48.5 Å². The summed E-state index contributed by atoms with van der Waals surface area (Å²) in [5.41, 5.74) is 1.76. The molecule has 40 heavy (non-hydrogen) atoms. The normalized spacial score (nSPS) is 13.5. The molecule has 0 radical (unpaired) electrons. The fourth-order valence-corrected chi connectivity index (χ4v) is 5.08. The van der Waals surface area contributed by atoms with Gasteiger partial charge in [0.1, 0.15) is 0 Å². The largest absolute Gasteiger partial charge is 0.490 e. The van der Waals surface area contributed by atoms with Crippen LogP contribution in [0.3, 0.4) is 0 Å². The molecule has 1 fully saturated rings. The fourth-order valence-electron chi connectivity index (χ4n) is 4.90. The molecule has 0 unspecified atom stereocenters. The van der Waals surface area contributed by atoms with E-state index in [2.05, 4.69) is 9.88 Å². The number of hydrogen-bond donors (Lipinski definition) is 1. The van der Waals surface area contributed by atoms with Gasteiger partial charge in [0.15, 0.2) is 11.5 Å². The topological polar surface area (TPSA) is 96.9 Å². The fraction of sp³-hybridized carbons (Fsp3) is 0.300. The van der Waals surface area contributed by atoms with Crippen molar-refractivity contribution >= 4 is 34.1 Å². The number of ether oxygens (including phenoxy) is 2. The standard InChI is InChI=1S/C30H31ClN4O5/c1-3-39-26-17-24-25(18-27(26)40-4-2)32-30(38)35(29(24)37)19-20-8-10-21(11-9-20)28(36)34-14-12-33(13-15-34)23-7-5-6-22(31)16-23/h5-11,16-18H,3-4,12-15,19H2,1-2H3,(H,32,38). The van der Waals surface area contributed by atoms with Crippen molar-refractivity contribution in [1.82, 2.24) is 14.5 Å². The smallest absolute Gasteiger partial charge is 0.329 e. The van der Waals surface area contributed by atoms with Crippen LogP contribution in [0.4, 0.5) is 5.69 Å². The second kappa shape index (κ2) is 11.9. The second-order valence-corrected chi connectivity index (χ2v) is 9.92. The van der Waals surface area contributed by atoms with E-state index < -0.39 is 11.2 Å². The van der Waals surface area contributed by atoms with Crippen LogP contribution >= 0.6 is 11.6 Å². The van der Waals surface area contributed by atoms with E-state index in [1.807, 2.05) is 43.0 Å². The van der Waals surface area contributed by atoms with E-state index in [4.69, 9.17) is 21.1 Å². The van der Waals surface area contributed by atoms with Crippen molar-refractivity contribution in [3.05, 3.63) is 97.7 Å². The molecule has 208 valence electrons. The van der Waals surface area contributed by atoms with Crippen LogP contribution in [-0.2, 0) is 6.54 Å². The van der Waals surface area contributed by atoms with E-state index in [0.29, 0.717) is 59.3 Å². The van der Waals surface area contributed by atoms with Crippen molar-refractivity contribution in [2.24, 2.45) is 0 Å². The van der Waals surface area contributed by atoms with Crippen LogP contribution in [0.2, 0.25) is 5.02 Å². The summed E-state index contributed by atoms with van der Waals surface area (Å²) >= 11 is 6.13. The van der Waals surface area contributed by atoms with Gasteiger partial charge >= 0.3 is 5.69 Å². The third kappa shape index (κ3) is 5.70. The van der Waals surface area contributed by atoms with Crippen molar-refractivity contribution < 1.29 is 14.3 Å². The molecule has 1 N–H and O–H groups in total. The monoisotopic (exact) mass is 562 g/mol. The molecule has 0 atom stereocenters. The number of piperazine rings is 1. The second-order valence-electron chi connectivity index (χ2n) is 9.49. The quantitative estimate of drug-likeness (QED) is 0.346. The molecule has 10 heteroatoms. The highest BCUT2D eigenvalue weighted by molar-refractivity contribution is 6.30. The number of fused-ring (bicyclic) bond motifs is 1. The highest BCUT2D eigenvalue weighted by atomic mass is 35.5. The number of nitrogens with zero attached hydrogens (tertiary/aromatic N) is 3. The van der Waals surface area contributed by atoms with Gasteiger partial charge in [-0.3, -0.25) is 14.2 Å². The predicted octanol–water partition coefficient (Wildman–Crippen LogP) is 4.15. The maximum absolute atomic E-state index is 13.3. The molecular formula is C30H31ClN4O5. The van der Waals surface area contributed by atoms with Crippen LogP contribution < -0.4 is 25.6 Å². The Balaban J connectivity index is 1.30. The summed E-state index contributed by atoms with van der Waals surface area (Å²) in [6, 6.07) is 18.0. The van der Waals surface area contributed by atoms with Crippen LogP contribution in [-0.4, -0.2) is 59.8 Å². The third-order valence-corrected chi connectivity index (χ3v) is 7.16. The first kappa shape index (κ1) is 27.3. The average molecular weight is 563 g/mol. The highest BCUT2D eigenvalue weighted by Gasteiger charge is 2.22. The van der Waals surface area contributed by atoms with Gasteiger partial charge in [-0.05, 0) is 55.8 Å². The molecule has 3 aromatic carbocycles. The summed E-state index contributed by atoms with van der Waals surface area (Å²) < 4.78 is 12.4. The molecule has 0 saturated carbocycles. The van der Waals surface area contributed by atoms with E-state index in [1.165, 1.54) is 0 Å². The maximum Gasteiger partial charge on any atom is 0.329 e. The molecule has 1 aromatic heterocycles. The zero-order chi connectivity index (χ0) is 28.2. The summed E-state index contributed by atoms with van der Waals surface area (Å²) in [5.74, 6) is 0.867. The highest BCUT2D eigenvalue weighted by Crippen LogP contribution is 2.30. The predicted molar refractivity (Wildman–Crippen MR) is 156 cm³/mol. The summed E-state index contributed by atoms with van der Waals surface area (Å²) in [5, 5.41) is 1.02. The minimum absolute atomic E-state index is 0.0495. The first-order valence-corrected chi connectivity index (χ1v) is 13.7. The Morgan fingerprint density at radius 1 is 0.900 bits per heavy atom. The van der Waals surface area contributed by atoms with Crippen LogP contribution in [0.1, 0.15) is 29.8 Å². The first-order chi connectivity index (χ1) is 19.4. The van der Waals surface area contributed by atoms with Crippen molar-refractivity contribution in [3.63, 3.8) is 0 Å². The SMILES string of the molecule is CCOc1cc2[nH]c(=O)n(Cc3ccc(C(=O)N4CCN(c5cccc(Cl)c5)CC4)cc3)c(=O)c2cc1OCC. The number of carbonyl (C=O) groups is 1. The summed E-state index contributed by atoms with van der Waals surface area (Å²) in [7, 11) is 0. The van der Waals surface area contributed by atoms with Crippen LogP contribution in [0.25, 0.3) is 10.9 Å². The summed E-state index contributed by atoms with van der Waals surface area (Å²) in [6.07, 6.45) is 0. The number of amides is 1. The van der Waals surface area contributed by atoms with Crippen LogP contribution in [0.15, 0.2) is 70.3 Å². The molecule has 0 aliphatic carbocycles. The molecule has 0 spiro atoms. The number of halogens is 1. The van der Waals surface area contributed by atoms with E-state index in [1.54, 1.807) is 36.4 Å². The average Bonchev–Trinajstić information content (AvgIpc) is 2.96. The number of hydrogen-bond acceptors (Lipinski definition) is 6. The molecule has 2 heterocycles. The maximum atomic E-state index is 13.3. The Kier molecular flexibility index (Phi) is 8.11. The van der Waals surface area contributed by atoms with E-state index in [9.17, 15) is 14.4 Å². The van der Waals surface area contributed by atoms with E-state index in [-0.39, 0.29) is 12.5 Å². The molecule has 1 aliphatic heterocycles. The first-order valence-electron chi connectivity index (χ1n) is 13.3. The number of nitrogens with one attached hydrogen (secondary N) is 1. The number of carbonyl (C=O) groups excluding carboxylic acids is 1. The number of rotatable bonds is 8. The van der Waals surface area contributed by atoms with Gasteiger partial charge in [-0.15, -0.1) is 0 Å². The lowest BCUT2D eigenvalue weighted by atomic mass is 10.1. The molecule has 4 aromatic rings. The summed E-state index contributed by atoms with van der Waals surface area (Å²) in [4.78, 5) is 46.1. The molecule has 1 amide bonds. The van der Waals surface area contributed by atoms with Crippen molar-refractivity contribution in [2.75, 3.05) is 44.3 Å². The lowest BCUT2D eigenvalue weighted by Crippen LogP contribution is -2.48. The third-order valence-electron chi connectivity index (χ3n) is 6.93. The number of H-pyrrole nitrogens is 1. The number of benzene rings is 3. The molecule has 1 aliphatic rings. The van der Waals surface area contributed by atoms with Gasteiger partial charge in [0.05, 0.1) is 30.7 Å². The molecular weight excluding hydrogens is 532 g/mol. The molecule has 9 nitrogen and oxygen atoms in total. The Morgan fingerprint density at radius 2 is 1.57 bits per heavy atom. The molecule has 5 rings (SSSR count). The summed E-state index contributed by atoms with van der Waals surface area (Å²) in [6.45, 7) is 7.23. The Labute approximate surface area is 236 Å². The zero-order valence-electron chi connectivity index (χ0n) is 22.5. The lowest BCUT2D eigenvalue weighted by molar-refractivity contribution is 0.0746. The lowest BCUT2D eigenvalue weighted by Gasteiger charge is -2.36. The van der Waals surface area contributed by atoms with E-state index in [0.717, 1.165) is 28.9 Å². The van der Waals surface area contributed by atoms with Gasteiger partial charge in [-0.2, -0.15) is 0 Å². The Hall–Kier alpha value is -4.24. The van der Waals surface area contributed by atoms with Crippen molar-refractivity contribution in [3.8, 4) is 11.5 Å². The zero-order valence-corrected chi connectivity index (χ0v) is 23.2. The van der Waals surface area contributed by atoms with Crippen molar-refractivity contribution in [2.45, 2.75) is 20.4 Å². The molecule has 0 bridgehead atoms. The van der Waals surface area contributed by atoms with Crippen LogP contribution in [0.5, 0.6) is 11.5 Å². The van der Waals surface area contributed by atoms with Gasteiger partial charge in [0.2, 0.25) is 0 Å². The van der Waals surface area contributed by atoms with Crippen LogP contribution in [0, 0.1) is 0 Å². The number of anilines is 1. The van der Waals surface area contributed by atoms with Gasteiger partial charge in [-0.25, -0.2) is 4.79 Å². The van der Waals surface area contributed by atoms with Gasteiger partial charge in [-0.1, -0.05) is 29.8 Å². The van der Waals surface area contributed by atoms with E-state index >= 15 is 0 Å². The Bertz CT molecular complexity index is 1640.